The van der Waals surface area contributed by atoms with Gasteiger partial charge in [-0.15, -0.1) is 0 Å². The molecule has 0 saturated carbocycles. The Balaban J connectivity index is 1.20. The SMILES string of the molecule is Cc1cc2c(cc1Nc1cc3c(cc1-c1cc(-c4ccccc4)cc4c1[B]c1cc(C(C)(C)C)cc5c6cc(C(C)(C)C)ccc6n-4c15)Oc1ccccc1O3)C(C)(C)CCC2(C)C. The highest BCUT2D eigenvalue weighted by Gasteiger charge is 2.38. The molecule has 11 rings (SSSR count). The first-order valence-corrected chi connectivity index (χ1v) is 23.1. The first-order chi connectivity index (χ1) is 30.3. The predicted octanol–water partition coefficient (Wildman–Crippen LogP) is 15.0. The third-order valence-electron chi connectivity index (χ3n) is 14.6. The van der Waals surface area contributed by atoms with Crippen molar-refractivity contribution in [2.24, 2.45) is 0 Å². The highest BCUT2D eigenvalue weighted by molar-refractivity contribution is 6.73. The van der Waals surface area contributed by atoms with Gasteiger partial charge in [-0.1, -0.05) is 135 Å². The number of aromatic nitrogens is 1. The monoisotopic (exact) mass is 837 g/mol. The van der Waals surface area contributed by atoms with Crippen LogP contribution < -0.4 is 25.7 Å². The third-order valence-corrected chi connectivity index (χ3v) is 14.6. The molecule has 0 fully saturated rings. The molecule has 1 aliphatic carbocycles. The van der Waals surface area contributed by atoms with Gasteiger partial charge in [-0.25, -0.2) is 0 Å². The summed E-state index contributed by atoms with van der Waals surface area (Å²) in [7, 11) is 2.45. The number of fused-ring (bicyclic) bond motifs is 8. The van der Waals surface area contributed by atoms with Crippen molar-refractivity contribution < 1.29 is 9.47 Å². The van der Waals surface area contributed by atoms with Crippen LogP contribution in [0.4, 0.5) is 11.4 Å². The normalized spacial score (nSPS) is 15.6. The molecule has 7 aromatic carbocycles. The van der Waals surface area contributed by atoms with E-state index in [0.717, 1.165) is 40.2 Å². The molecule has 4 nitrogen and oxygen atoms in total. The summed E-state index contributed by atoms with van der Waals surface area (Å²) in [6.45, 7) is 25.8. The van der Waals surface area contributed by atoms with Crippen molar-refractivity contribution in [2.75, 3.05) is 5.32 Å². The summed E-state index contributed by atoms with van der Waals surface area (Å²) in [5.41, 5.74) is 19.5. The summed E-state index contributed by atoms with van der Waals surface area (Å²) in [5, 5.41) is 6.64. The smallest absolute Gasteiger partial charge is 0.197 e. The van der Waals surface area contributed by atoms with Gasteiger partial charge in [-0.3, -0.25) is 0 Å². The minimum Gasteiger partial charge on any atom is -0.449 e. The van der Waals surface area contributed by atoms with Gasteiger partial charge in [0.1, 0.15) is 0 Å². The Labute approximate surface area is 379 Å². The molecule has 0 unspecified atom stereocenters. The molecular weight excluding hydrogens is 779 g/mol. The van der Waals surface area contributed by atoms with Gasteiger partial charge in [-0.05, 0) is 146 Å². The molecule has 5 heteroatoms. The van der Waals surface area contributed by atoms with E-state index >= 15 is 0 Å². The van der Waals surface area contributed by atoms with Crippen molar-refractivity contribution in [3.05, 3.63) is 149 Å². The van der Waals surface area contributed by atoms with Crippen LogP contribution in [0.5, 0.6) is 23.0 Å². The number of ether oxygens (including phenoxy) is 2. The number of anilines is 2. The number of benzene rings is 7. The molecule has 3 heterocycles. The number of nitrogens with zero attached hydrogens (tertiary/aromatic N) is 1. The van der Waals surface area contributed by atoms with Crippen molar-refractivity contribution >= 4 is 51.4 Å². The lowest BCUT2D eigenvalue weighted by atomic mass is 9.58. The van der Waals surface area contributed by atoms with Crippen LogP contribution in [0.25, 0.3) is 49.7 Å². The summed E-state index contributed by atoms with van der Waals surface area (Å²) in [6, 6.07) is 44.8. The number of hydrogen-bond donors (Lipinski definition) is 1. The average molecular weight is 838 g/mol. The number of nitrogens with one attached hydrogen (secondary N) is 1. The fourth-order valence-electron chi connectivity index (χ4n) is 10.5. The lowest BCUT2D eigenvalue weighted by molar-refractivity contribution is 0.332. The van der Waals surface area contributed by atoms with Crippen molar-refractivity contribution in [3.8, 4) is 50.9 Å². The van der Waals surface area contributed by atoms with E-state index < -0.39 is 0 Å². The van der Waals surface area contributed by atoms with Gasteiger partial charge in [0.15, 0.2) is 30.3 Å². The minimum atomic E-state index is -0.0470. The van der Waals surface area contributed by atoms with Gasteiger partial charge in [0.05, 0.1) is 11.2 Å². The zero-order valence-corrected chi connectivity index (χ0v) is 39.3. The van der Waals surface area contributed by atoms with E-state index in [9.17, 15) is 0 Å². The van der Waals surface area contributed by atoms with Crippen LogP contribution >= 0.6 is 0 Å². The van der Waals surface area contributed by atoms with E-state index in [2.05, 4.69) is 190 Å². The van der Waals surface area contributed by atoms with E-state index in [1.54, 1.807) is 0 Å². The molecule has 1 N–H and O–H groups in total. The predicted molar refractivity (Wildman–Crippen MR) is 270 cm³/mol. The van der Waals surface area contributed by atoms with Crippen LogP contribution in [-0.2, 0) is 21.7 Å². The first kappa shape index (κ1) is 40.6. The molecule has 0 saturated heterocycles. The van der Waals surface area contributed by atoms with Crippen molar-refractivity contribution in [3.63, 3.8) is 0 Å². The second-order valence-corrected chi connectivity index (χ2v) is 22.1. The van der Waals surface area contributed by atoms with Crippen LogP contribution in [0.3, 0.4) is 0 Å². The van der Waals surface area contributed by atoms with Gasteiger partial charge >= 0.3 is 0 Å². The van der Waals surface area contributed by atoms with Crippen LogP contribution in [0.2, 0.25) is 0 Å². The molecule has 0 bridgehead atoms. The van der Waals surface area contributed by atoms with E-state index in [1.165, 1.54) is 72.5 Å². The van der Waals surface area contributed by atoms with Crippen molar-refractivity contribution in [1.29, 1.82) is 0 Å². The Morgan fingerprint density at radius 3 is 1.86 bits per heavy atom. The Bertz CT molecular complexity index is 3250. The summed E-state index contributed by atoms with van der Waals surface area (Å²) in [4.78, 5) is 0. The van der Waals surface area contributed by atoms with E-state index in [0.29, 0.717) is 23.0 Å². The zero-order valence-electron chi connectivity index (χ0n) is 39.3. The average Bonchev–Trinajstić information content (AvgIpc) is 3.59. The number of rotatable bonds is 4. The van der Waals surface area contributed by atoms with E-state index in [4.69, 9.17) is 9.47 Å². The number of para-hydroxylation sites is 2. The van der Waals surface area contributed by atoms with Crippen LogP contribution in [-0.4, -0.2) is 11.8 Å². The lowest BCUT2D eigenvalue weighted by Crippen LogP contribution is -2.38. The number of aryl methyl sites for hydroxylation is 1. The molecule has 2 aliphatic heterocycles. The largest absolute Gasteiger partial charge is 0.449 e. The summed E-state index contributed by atoms with van der Waals surface area (Å²) >= 11 is 0. The molecule has 64 heavy (non-hydrogen) atoms. The second-order valence-electron chi connectivity index (χ2n) is 22.1. The van der Waals surface area contributed by atoms with Crippen molar-refractivity contribution in [2.45, 2.75) is 111 Å². The van der Waals surface area contributed by atoms with Crippen molar-refractivity contribution in [1.82, 2.24) is 4.57 Å². The topological polar surface area (TPSA) is 35.4 Å². The summed E-state index contributed by atoms with van der Waals surface area (Å²) < 4.78 is 15.9. The fourth-order valence-corrected chi connectivity index (χ4v) is 10.5. The molecular formula is C59H58BN2O2. The Morgan fingerprint density at radius 2 is 1.19 bits per heavy atom. The molecule has 0 amide bonds. The Morgan fingerprint density at radius 1 is 0.562 bits per heavy atom. The summed E-state index contributed by atoms with van der Waals surface area (Å²) in [6.07, 6.45) is 2.32. The first-order valence-electron chi connectivity index (χ1n) is 23.1. The Kier molecular flexibility index (Phi) is 8.81. The fraction of sp³-hybridized carbons (Fsp3) is 0.288. The molecule has 8 aromatic rings. The second kappa shape index (κ2) is 13.9. The molecule has 1 radical (unpaired) electrons. The zero-order chi connectivity index (χ0) is 44.7. The van der Waals surface area contributed by atoms with Gasteiger partial charge in [0, 0.05) is 39.3 Å². The molecule has 319 valence electrons. The standard InChI is InChI=1S/C59H58BN2O2/c1-34-25-43-44(59(10,11)24-23-58(43,8)9)32-46(34)61-47-33-53-52(63-50-19-15-16-20-51(50)64-53)31-39(47)41-26-36(35-17-13-12-14-18-35)27-49-54(41)60-45-30-38(57(5,6)7)29-42-40-28-37(56(2,3)4)21-22-48(40)62(49)55(42)45/h12-22,25-33,61H,23-24H2,1-11H3. The van der Waals surface area contributed by atoms with Gasteiger partial charge in [0.2, 0.25) is 0 Å². The Hall–Kier alpha value is -6.20. The quantitative estimate of drug-likeness (QED) is 0.179. The third kappa shape index (κ3) is 6.48. The summed E-state index contributed by atoms with van der Waals surface area (Å²) in [5.74, 6) is 2.80. The van der Waals surface area contributed by atoms with Crippen LogP contribution in [0, 0.1) is 6.92 Å². The maximum atomic E-state index is 6.72. The number of hydrogen-bond acceptors (Lipinski definition) is 3. The highest BCUT2D eigenvalue weighted by atomic mass is 16.6. The van der Waals surface area contributed by atoms with Crippen LogP contribution in [0.15, 0.2) is 121 Å². The molecule has 3 aliphatic rings. The maximum Gasteiger partial charge on any atom is 0.197 e. The van der Waals surface area contributed by atoms with Crippen LogP contribution in [0.1, 0.15) is 110 Å². The van der Waals surface area contributed by atoms with Gasteiger partial charge in [0.25, 0.3) is 0 Å². The molecule has 1 aromatic heterocycles. The molecule has 0 atom stereocenters. The highest BCUT2D eigenvalue weighted by Crippen LogP contribution is 2.52. The minimum absolute atomic E-state index is 0.00938. The maximum absolute atomic E-state index is 6.72. The molecule has 0 spiro atoms. The van der Waals surface area contributed by atoms with E-state index in [-0.39, 0.29) is 21.7 Å². The lowest BCUT2D eigenvalue weighted by Gasteiger charge is -2.42. The van der Waals surface area contributed by atoms with Gasteiger partial charge in [-0.2, -0.15) is 0 Å². The van der Waals surface area contributed by atoms with E-state index in [1.807, 2.05) is 24.3 Å². The van der Waals surface area contributed by atoms with Gasteiger partial charge < -0.3 is 19.4 Å².